The number of nitrogens with zero attached hydrogens (tertiary/aromatic N) is 2. The number of thiophene rings is 1. The SMILES string of the molecule is CCc1ccc(CN2CC(=O)N3CCCC3C2=O)s1. The van der Waals surface area contributed by atoms with E-state index in [1.165, 1.54) is 9.75 Å². The van der Waals surface area contributed by atoms with Gasteiger partial charge < -0.3 is 9.80 Å². The van der Waals surface area contributed by atoms with Crippen LogP contribution in [-0.4, -0.2) is 40.7 Å². The average Bonchev–Trinajstić information content (AvgIpc) is 3.04. The lowest BCUT2D eigenvalue weighted by molar-refractivity contribution is -0.154. The zero-order chi connectivity index (χ0) is 13.4. The van der Waals surface area contributed by atoms with Crippen LogP contribution in [-0.2, 0) is 22.6 Å². The van der Waals surface area contributed by atoms with Crippen molar-refractivity contribution in [3.63, 3.8) is 0 Å². The molecule has 1 atom stereocenters. The van der Waals surface area contributed by atoms with Gasteiger partial charge in [0.05, 0.1) is 6.54 Å². The van der Waals surface area contributed by atoms with Gasteiger partial charge in [0.2, 0.25) is 11.8 Å². The predicted octanol–water partition coefficient (Wildman–Crippen LogP) is 1.64. The highest BCUT2D eigenvalue weighted by Crippen LogP contribution is 2.26. The number of rotatable bonds is 3. The van der Waals surface area contributed by atoms with Crippen LogP contribution in [0.1, 0.15) is 29.5 Å². The van der Waals surface area contributed by atoms with E-state index < -0.39 is 0 Å². The van der Waals surface area contributed by atoms with Crippen LogP contribution in [0.3, 0.4) is 0 Å². The lowest BCUT2D eigenvalue weighted by atomic mass is 10.1. The number of aryl methyl sites for hydroxylation is 1. The van der Waals surface area contributed by atoms with Gasteiger partial charge in [0, 0.05) is 16.3 Å². The van der Waals surface area contributed by atoms with Crippen molar-refractivity contribution in [3.05, 3.63) is 21.9 Å². The highest BCUT2D eigenvalue weighted by Gasteiger charge is 2.41. The Kier molecular flexibility index (Phi) is 3.31. The van der Waals surface area contributed by atoms with E-state index in [9.17, 15) is 9.59 Å². The molecule has 2 aliphatic heterocycles. The van der Waals surface area contributed by atoms with E-state index in [2.05, 4.69) is 19.1 Å². The van der Waals surface area contributed by atoms with E-state index in [0.717, 1.165) is 25.8 Å². The van der Waals surface area contributed by atoms with Gasteiger partial charge in [-0.25, -0.2) is 0 Å². The van der Waals surface area contributed by atoms with Crippen LogP contribution < -0.4 is 0 Å². The molecule has 2 amide bonds. The van der Waals surface area contributed by atoms with Gasteiger partial charge in [0.1, 0.15) is 12.6 Å². The first-order valence-corrected chi connectivity index (χ1v) is 7.66. The fourth-order valence-corrected chi connectivity index (χ4v) is 3.86. The summed E-state index contributed by atoms with van der Waals surface area (Å²) in [4.78, 5) is 30.4. The van der Waals surface area contributed by atoms with Gasteiger partial charge in [-0.2, -0.15) is 0 Å². The summed E-state index contributed by atoms with van der Waals surface area (Å²) in [5.74, 6) is 0.234. The Labute approximate surface area is 117 Å². The number of hydrogen-bond acceptors (Lipinski definition) is 3. The second-order valence-electron chi connectivity index (χ2n) is 5.16. The number of fused-ring (bicyclic) bond motifs is 1. The van der Waals surface area contributed by atoms with E-state index in [4.69, 9.17) is 0 Å². The van der Waals surface area contributed by atoms with Gasteiger partial charge in [0.25, 0.3) is 0 Å². The summed E-state index contributed by atoms with van der Waals surface area (Å²) in [5.41, 5.74) is 0. The average molecular weight is 278 g/mol. The molecule has 2 fully saturated rings. The van der Waals surface area contributed by atoms with Crippen molar-refractivity contribution >= 4 is 23.2 Å². The first-order valence-electron chi connectivity index (χ1n) is 6.85. The molecule has 19 heavy (non-hydrogen) atoms. The molecule has 2 saturated heterocycles. The third kappa shape index (κ3) is 2.27. The maximum Gasteiger partial charge on any atom is 0.246 e. The molecule has 0 spiro atoms. The van der Waals surface area contributed by atoms with Crippen LogP contribution in [0.5, 0.6) is 0 Å². The van der Waals surface area contributed by atoms with Crippen LogP contribution >= 0.6 is 11.3 Å². The van der Waals surface area contributed by atoms with E-state index in [1.54, 1.807) is 21.1 Å². The van der Waals surface area contributed by atoms with Crippen LogP contribution in [0.25, 0.3) is 0 Å². The van der Waals surface area contributed by atoms with Crippen LogP contribution in [0, 0.1) is 0 Å². The molecule has 0 saturated carbocycles. The van der Waals surface area contributed by atoms with E-state index >= 15 is 0 Å². The molecule has 0 bridgehead atoms. The fraction of sp³-hybridized carbons (Fsp3) is 0.571. The molecule has 102 valence electrons. The molecule has 5 heteroatoms. The molecule has 1 aromatic heterocycles. The minimum atomic E-state index is -0.188. The van der Waals surface area contributed by atoms with Gasteiger partial charge in [0.15, 0.2) is 0 Å². The van der Waals surface area contributed by atoms with Crippen molar-refractivity contribution < 1.29 is 9.59 Å². The standard InChI is InChI=1S/C14H18N2O2S/c1-2-10-5-6-11(19-10)8-15-9-13(17)16-7-3-4-12(16)14(15)18/h5-6,12H,2-4,7-9H2,1H3. The summed E-state index contributed by atoms with van der Waals surface area (Å²) in [7, 11) is 0. The van der Waals surface area contributed by atoms with Crippen LogP contribution in [0.4, 0.5) is 0 Å². The Hall–Kier alpha value is -1.36. The maximum atomic E-state index is 12.4. The lowest BCUT2D eigenvalue weighted by Gasteiger charge is -2.36. The third-order valence-electron chi connectivity index (χ3n) is 3.91. The Morgan fingerprint density at radius 3 is 2.84 bits per heavy atom. The van der Waals surface area contributed by atoms with Crippen molar-refractivity contribution in [1.82, 2.24) is 9.80 Å². The van der Waals surface area contributed by atoms with E-state index in [0.29, 0.717) is 6.54 Å². The summed E-state index contributed by atoms with van der Waals surface area (Å²) < 4.78 is 0. The van der Waals surface area contributed by atoms with Crippen LogP contribution in [0.2, 0.25) is 0 Å². The summed E-state index contributed by atoms with van der Waals surface area (Å²) in [5, 5.41) is 0. The monoisotopic (exact) mass is 278 g/mol. The maximum absolute atomic E-state index is 12.4. The van der Waals surface area contributed by atoms with Crippen LogP contribution in [0.15, 0.2) is 12.1 Å². The summed E-state index contributed by atoms with van der Waals surface area (Å²) in [6.07, 6.45) is 2.80. The lowest BCUT2D eigenvalue weighted by Crippen LogP contribution is -2.56. The van der Waals surface area contributed by atoms with Crippen molar-refractivity contribution in [1.29, 1.82) is 0 Å². The third-order valence-corrected chi connectivity index (χ3v) is 5.12. The molecule has 2 aliphatic rings. The van der Waals surface area contributed by atoms with Crippen molar-refractivity contribution in [2.45, 2.75) is 38.8 Å². The zero-order valence-corrected chi connectivity index (χ0v) is 11.9. The molecular weight excluding hydrogens is 260 g/mol. The number of piperazine rings is 1. The first kappa shape index (κ1) is 12.7. The molecule has 0 aliphatic carbocycles. The molecule has 4 nitrogen and oxygen atoms in total. The molecule has 0 N–H and O–H groups in total. The minimum absolute atomic E-state index is 0.106. The highest BCUT2D eigenvalue weighted by molar-refractivity contribution is 7.11. The van der Waals surface area contributed by atoms with Gasteiger partial charge >= 0.3 is 0 Å². The summed E-state index contributed by atoms with van der Waals surface area (Å²) >= 11 is 1.74. The second kappa shape index (κ2) is 4.96. The molecule has 3 rings (SSSR count). The Morgan fingerprint density at radius 2 is 2.11 bits per heavy atom. The Balaban J connectivity index is 1.74. The molecular formula is C14H18N2O2S. The largest absolute Gasteiger partial charge is 0.329 e. The number of carbonyl (C=O) groups excluding carboxylic acids is 2. The molecule has 1 unspecified atom stereocenters. The predicted molar refractivity (Wildman–Crippen MR) is 73.8 cm³/mol. The second-order valence-corrected chi connectivity index (χ2v) is 6.41. The first-order chi connectivity index (χ1) is 9.19. The Morgan fingerprint density at radius 1 is 1.32 bits per heavy atom. The van der Waals surface area contributed by atoms with Gasteiger partial charge in [-0.05, 0) is 31.4 Å². The number of carbonyl (C=O) groups is 2. The molecule has 0 radical (unpaired) electrons. The molecule has 1 aromatic rings. The van der Waals surface area contributed by atoms with Gasteiger partial charge in [-0.1, -0.05) is 6.92 Å². The van der Waals surface area contributed by atoms with Gasteiger partial charge in [-0.3, -0.25) is 9.59 Å². The Bertz CT molecular complexity index is 511. The smallest absolute Gasteiger partial charge is 0.246 e. The van der Waals surface area contributed by atoms with E-state index in [-0.39, 0.29) is 24.4 Å². The normalized spacial score (nSPS) is 23.1. The van der Waals surface area contributed by atoms with Crippen molar-refractivity contribution in [2.75, 3.05) is 13.1 Å². The zero-order valence-electron chi connectivity index (χ0n) is 11.1. The molecule has 0 aromatic carbocycles. The topological polar surface area (TPSA) is 40.6 Å². The highest BCUT2D eigenvalue weighted by atomic mass is 32.1. The van der Waals surface area contributed by atoms with Gasteiger partial charge in [-0.15, -0.1) is 11.3 Å². The van der Waals surface area contributed by atoms with Crippen molar-refractivity contribution in [3.8, 4) is 0 Å². The number of amides is 2. The fourth-order valence-electron chi connectivity index (χ4n) is 2.88. The summed E-state index contributed by atoms with van der Waals surface area (Å²) in [6.45, 7) is 3.71. The quantitative estimate of drug-likeness (QED) is 0.843. The minimum Gasteiger partial charge on any atom is -0.329 e. The van der Waals surface area contributed by atoms with Crippen molar-refractivity contribution in [2.24, 2.45) is 0 Å². The summed E-state index contributed by atoms with van der Waals surface area (Å²) in [6, 6.07) is 3.99. The van der Waals surface area contributed by atoms with E-state index in [1.807, 2.05) is 0 Å². The molecule has 3 heterocycles. The number of hydrogen-bond donors (Lipinski definition) is 0.